The third kappa shape index (κ3) is 6.71. The number of carbonyl (C=O) groups excluding carboxylic acids is 2. The lowest BCUT2D eigenvalue weighted by molar-refractivity contribution is -0.120. The molecule has 0 bridgehead atoms. The highest BCUT2D eigenvalue weighted by molar-refractivity contribution is 5.84. The van der Waals surface area contributed by atoms with Crippen molar-refractivity contribution in [1.29, 1.82) is 0 Å². The highest BCUT2D eigenvalue weighted by Crippen LogP contribution is 2.50. The van der Waals surface area contributed by atoms with Crippen LogP contribution in [0.2, 0.25) is 0 Å². The zero-order valence-corrected chi connectivity index (χ0v) is 23.6. The predicted octanol–water partition coefficient (Wildman–Crippen LogP) is 3.34. The third-order valence-electron chi connectivity index (χ3n) is 7.03. The molecule has 0 unspecified atom stereocenters. The Labute approximate surface area is 238 Å². The highest BCUT2D eigenvalue weighted by atomic mass is 16.5. The molecule has 3 aromatic carbocycles. The van der Waals surface area contributed by atoms with E-state index in [4.69, 9.17) is 14.2 Å². The van der Waals surface area contributed by atoms with E-state index in [1.54, 1.807) is 50.6 Å². The van der Waals surface area contributed by atoms with Crippen molar-refractivity contribution in [2.45, 2.75) is 32.2 Å². The SMILES string of the molecule is COc1cc2c(c(OC)c1OC)-c1ccc(NCC(=O)NCCc3ccc(O)cc3)c(=O)cc1[C@@H](NC(C)=O)CC2. The Hall–Kier alpha value is -4.73. The second kappa shape index (κ2) is 13.1. The number of amides is 2. The lowest BCUT2D eigenvalue weighted by atomic mass is 9.95. The van der Waals surface area contributed by atoms with E-state index < -0.39 is 6.04 Å². The smallest absolute Gasteiger partial charge is 0.239 e. The summed E-state index contributed by atoms with van der Waals surface area (Å²) in [6, 6.07) is 13.2. The predicted molar refractivity (Wildman–Crippen MR) is 156 cm³/mol. The van der Waals surface area contributed by atoms with Gasteiger partial charge in [0.25, 0.3) is 0 Å². The summed E-state index contributed by atoms with van der Waals surface area (Å²) in [4.78, 5) is 38.0. The molecule has 0 aliphatic heterocycles. The van der Waals surface area contributed by atoms with Crippen LogP contribution in [0.1, 0.15) is 36.1 Å². The van der Waals surface area contributed by atoms with Crippen LogP contribution in [-0.2, 0) is 22.4 Å². The first-order valence-corrected chi connectivity index (χ1v) is 13.3. The highest BCUT2D eigenvalue weighted by Gasteiger charge is 2.29. The molecule has 0 aromatic heterocycles. The molecule has 1 aliphatic carbocycles. The number of anilines is 1. The van der Waals surface area contributed by atoms with Gasteiger partial charge in [-0.1, -0.05) is 18.2 Å². The minimum atomic E-state index is -0.423. The molecule has 1 aliphatic rings. The van der Waals surface area contributed by atoms with Gasteiger partial charge in [-0.05, 0) is 71.8 Å². The molecule has 0 heterocycles. The summed E-state index contributed by atoms with van der Waals surface area (Å²) in [5.41, 5.74) is 3.93. The van der Waals surface area contributed by atoms with Crippen molar-refractivity contribution in [2.75, 3.05) is 39.7 Å². The third-order valence-corrected chi connectivity index (χ3v) is 7.03. The Morgan fingerprint density at radius 1 is 0.976 bits per heavy atom. The number of hydrogen-bond acceptors (Lipinski definition) is 8. The van der Waals surface area contributed by atoms with Crippen molar-refractivity contribution in [1.82, 2.24) is 10.6 Å². The number of methoxy groups -OCH3 is 3. The number of nitrogens with one attached hydrogen (secondary N) is 3. The van der Waals surface area contributed by atoms with E-state index in [9.17, 15) is 19.5 Å². The molecule has 0 spiro atoms. The summed E-state index contributed by atoms with van der Waals surface area (Å²) in [5, 5.41) is 18.2. The number of aromatic hydroxyl groups is 1. The second-order valence-electron chi connectivity index (χ2n) is 9.72. The summed E-state index contributed by atoms with van der Waals surface area (Å²) in [6.45, 7) is 1.75. The molecule has 1 atom stereocenters. The van der Waals surface area contributed by atoms with E-state index in [-0.39, 0.29) is 35.2 Å². The van der Waals surface area contributed by atoms with Gasteiger partial charge in [0.2, 0.25) is 23.0 Å². The quantitative estimate of drug-likeness (QED) is 0.296. The van der Waals surface area contributed by atoms with Crippen LogP contribution in [0.4, 0.5) is 5.69 Å². The van der Waals surface area contributed by atoms with Gasteiger partial charge < -0.3 is 35.3 Å². The van der Waals surface area contributed by atoms with E-state index in [0.29, 0.717) is 54.2 Å². The van der Waals surface area contributed by atoms with Gasteiger partial charge in [0.1, 0.15) is 5.75 Å². The Kier molecular flexibility index (Phi) is 9.34. The molecule has 2 amide bonds. The normalized spacial score (nSPS) is 13.6. The van der Waals surface area contributed by atoms with Crippen LogP contribution in [0, 0.1) is 0 Å². The fraction of sp³-hybridized carbons (Fsp3) is 0.323. The molecule has 0 radical (unpaired) electrons. The minimum Gasteiger partial charge on any atom is -0.508 e. The fourth-order valence-electron chi connectivity index (χ4n) is 5.10. The van der Waals surface area contributed by atoms with Crippen molar-refractivity contribution >= 4 is 17.5 Å². The maximum Gasteiger partial charge on any atom is 0.239 e. The van der Waals surface area contributed by atoms with E-state index in [0.717, 1.165) is 16.7 Å². The molecule has 0 saturated carbocycles. The monoisotopic (exact) mass is 561 g/mol. The van der Waals surface area contributed by atoms with Gasteiger partial charge in [0.15, 0.2) is 11.5 Å². The molecule has 41 heavy (non-hydrogen) atoms. The number of phenols is 1. The molecular formula is C31H35N3O7. The number of aryl methyl sites for hydroxylation is 1. The Morgan fingerprint density at radius 3 is 2.37 bits per heavy atom. The molecular weight excluding hydrogens is 526 g/mol. The van der Waals surface area contributed by atoms with Gasteiger partial charge in [-0.2, -0.15) is 0 Å². The lowest BCUT2D eigenvalue weighted by Crippen LogP contribution is -2.32. The standard InChI is InChI=1S/C31H35N3O7/c1-18(35)34-24-11-7-20-15-27(39-2)30(40-3)31(41-4)29(20)22-10-12-25(26(37)16-23(22)24)33-17-28(38)32-14-13-19-5-8-21(36)9-6-19/h5-6,8-10,12,15-16,24,36H,7,11,13-14,17H2,1-4H3,(H,32,38)(H,33,37)(H,34,35)/t24-/m0/s1. The molecule has 10 heteroatoms. The fourth-order valence-corrected chi connectivity index (χ4v) is 5.10. The average molecular weight is 562 g/mol. The second-order valence-corrected chi connectivity index (χ2v) is 9.72. The zero-order chi connectivity index (χ0) is 29.5. The van der Waals surface area contributed by atoms with Crippen LogP contribution in [0.3, 0.4) is 0 Å². The minimum absolute atomic E-state index is 0.0977. The van der Waals surface area contributed by atoms with E-state index >= 15 is 0 Å². The molecule has 216 valence electrons. The maximum atomic E-state index is 13.4. The maximum absolute atomic E-state index is 13.4. The first kappa shape index (κ1) is 29.3. The van der Waals surface area contributed by atoms with Crippen LogP contribution in [0.15, 0.2) is 53.3 Å². The number of rotatable bonds is 10. The van der Waals surface area contributed by atoms with Crippen LogP contribution in [0.5, 0.6) is 23.0 Å². The van der Waals surface area contributed by atoms with Crippen molar-refractivity contribution in [3.05, 3.63) is 75.4 Å². The number of carbonyl (C=O) groups is 2. The summed E-state index contributed by atoms with van der Waals surface area (Å²) < 4.78 is 17.0. The van der Waals surface area contributed by atoms with Crippen molar-refractivity contribution in [3.8, 4) is 34.1 Å². The van der Waals surface area contributed by atoms with E-state index in [1.807, 2.05) is 6.07 Å². The number of fused-ring (bicyclic) bond motifs is 3. The van der Waals surface area contributed by atoms with Gasteiger partial charge in [0.05, 0.1) is 39.6 Å². The Bertz CT molecular complexity index is 1490. The zero-order valence-electron chi connectivity index (χ0n) is 23.6. The Morgan fingerprint density at radius 2 is 1.71 bits per heavy atom. The van der Waals surface area contributed by atoms with Crippen LogP contribution >= 0.6 is 0 Å². The van der Waals surface area contributed by atoms with Crippen LogP contribution < -0.4 is 35.6 Å². The summed E-state index contributed by atoms with van der Waals surface area (Å²) >= 11 is 0. The van der Waals surface area contributed by atoms with Gasteiger partial charge in [-0.15, -0.1) is 0 Å². The van der Waals surface area contributed by atoms with E-state index in [2.05, 4.69) is 16.0 Å². The molecule has 4 N–H and O–H groups in total. The molecule has 10 nitrogen and oxygen atoms in total. The number of benzene rings is 2. The van der Waals surface area contributed by atoms with Gasteiger partial charge >= 0.3 is 0 Å². The lowest BCUT2D eigenvalue weighted by Gasteiger charge is -2.19. The number of phenolic OH excluding ortho intramolecular Hbond substituents is 1. The van der Waals surface area contributed by atoms with E-state index in [1.165, 1.54) is 20.1 Å². The Balaban J connectivity index is 1.64. The molecule has 4 rings (SSSR count). The largest absolute Gasteiger partial charge is 0.508 e. The van der Waals surface area contributed by atoms with Crippen LogP contribution in [-0.4, -0.2) is 51.3 Å². The van der Waals surface area contributed by atoms with Gasteiger partial charge in [0, 0.05) is 19.0 Å². The molecule has 3 aromatic rings. The van der Waals surface area contributed by atoms with Gasteiger partial charge in [-0.3, -0.25) is 14.4 Å². The first-order chi connectivity index (χ1) is 19.7. The summed E-state index contributed by atoms with van der Waals surface area (Å²) in [5.74, 6) is 1.12. The van der Waals surface area contributed by atoms with Crippen molar-refractivity contribution in [3.63, 3.8) is 0 Å². The molecule has 0 fully saturated rings. The first-order valence-electron chi connectivity index (χ1n) is 13.3. The van der Waals surface area contributed by atoms with Gasteiger partial charge in [-0.25, -0.2) is 0 Å². The average Bonchev–Trinajstić information content (AvgIpc) is 3.20. The van der Waals surface area contributed by atoms with Crippen molar-refractivity contribution in [2.24, 2.45) is 0 Å². The summed E-state index contributed by atoms with van der Waals surface area (Å²) in [6.07, 6.45) is 1.75. The summed E-state index contributed by atoms with van der Waals surface area (Å²) in [7, 11) is 4.63. The van der Waals surface area contributed by atoms with Crippen molar-refractivity contribution < 1.29 is 28.9 Å². The van der Waals surface area contributed by atoms with Crippen LogP contribution in [0.25, 0.3) is 11.1 Å². The molecule has 0 saturated heterocycles. The topological polar surface area (TPSA) is 135 Å². The number of ether oxygens (including phenoxy) is 3. The number of hydrogen-bond donors (Lipinski definition) is 4.